The Morgan fingerprint density at radius 3 is 2.29 bits per heavy atom. The molecule has 0 spiro atoms. The molecule has 0 bridgehead atoms. The molecule has 0 aromatic carbocycles. The normalized spacial score (nSPS) is 13.5. The summed E-state index contributed by atoms with van der Waals surface area (Å²) in [5.74, 6) is 1.98. The lowest BCUT2D eigenvalue weighted by Crippen LogP contribution is -2.09. The standard InChI is InChI=1S/C12H20O2/c1-4-9(5-2)12(13)11-8-7-10(6-3)14-11/h7-9,12-13H,4-6H2,1-3H3. The van der Waals surface area contributed by atoms with Crippen LogP contribution in [0.15, 0.2) is 16.5 Å². The minimum atomic E-state index is -0.440. The van der Waals surface area contributed by atoms with E-state index in [9.17, 15) is 5.11 Å². The highest BCUT2D eigenvalue weighted by atomic mass is 16.4. The molecule has 0 aliphatic carbocycles. The van der Waals surface area contributed by atoms with Crippen molar-refractivity contribution < 1.29 is 9.52 Å². The lowest BCUT2D eigenvalue weighted by molar-refractivity contribution is 0.0802. The van der Waals surface area contributed by atoms with Crippen molar-refractivity contribution in [2.45, 2.75) is 46.1 Å². The van der Waals surface area contributed by atoms with E-state index in [1.54, 1.807) is 0 Å². The fraction of sp³-hybridized carbons (Fsp3) is 0.667. The van der Waals surface area contributed by atoms with Crippen molar-refractivity contribution in [2.24, 2.45) is 5.92 Å². The first-order valence-electron chi connectivity index (χ1n) is 5.49. The van der Waals surface area contributed by atoms with Gasteiger partial charge in [-0.2, -0.15) is 0 Å². The first kappa shape index (κ1) is 11.3. The molecule has 14 heavy (non-hydrogen) atoms. The van der Waals surface area contributed by atoms with Gasteiger partial charge in [0.25, 0.3) is 0 Å². The molecule has 1 atom stereocenters. The summed E-state index contributed by atoms with van der Waals surface area (Å²) in [5, 5.41) is 10.00. The van der Waals surface area contributed by atoms with Crippen LogP contribution in [0, 0.1) is 5.92 Å². The van der Waals surface area contributed by atoms with Gasteiger partial charge in [0.05, 0.1) is 0 Å². The van der Waals surface area contributed by atoms with Crippen LogP contribution in [-0.4, -0.2) is 5.11 Å². The number of aryl methyl sites for hydroxylation is 1. The van der Waals surface area contributed by atoms with Crippen LogP contribution in [0.2, 0.25) is 0 Å². The Hall–Kier alpha value is -0.760. The quantitative estimate of drug-likeness (QED) is 0.783. The van der Waals surface area contributed by atoms with E-state index in [-0.39, 0.29) is 0 Å². The molecule has 1 aromatic rings. The van der Waals surface area contributed by atoms with Crippen molar-refractivity contribution in [3.05, 3.63) is 23.7 Å². The van der Waals surface area contributed by atoms with Crippen molar-refractivity contribution >= 4 is 0 Å². The molecule has 1 heterocycles. The Morgan fingerprint density at radius 1 is 1.21 bits per heavy atom. The second-order valence-corrected chi connectivity index (χ2v) is 3.68. The summed E-state index contributed by atoms with van der Waals surface area (Å²) in [4.78, 5) is 0. The molecule has 0 fully saturated rings. The van der Waals surface area contributed by atoms with Gasteiger partial charge in [-0.25, -0.2) is 0 Å². The highest BCUT2D eigenvalue weighted by molar-refractivity contribution is 5.10. The van der Waals surface area contributed by atoms with Crippen LogP contribution in [0.25, 0.3) is 0 Å². The van der Waals surface area contributed by atoms with E-state index in [0.717, 1.165) is 30.8 Å². The molecule has 0 radical (unpaired) electrons. The summed E-state index contributed by atoms with van der Waals surface area (Å²) >= 11 is 0. The molecule has 2 nitrogen and oxygen atoms in total. The zero-order valence-electron chi connectivity index (χ0n) is 9.29. The van der Waals surface area contributed by atoms with Gasteiger partial charge < -0.3 is 9.52 Å². The van der Waals surface area contributed by atoms with Crippen molar-refractivity contribution in [2.75, 3.05) is 0 Å². The van der Waals surface area contributed by atoms with Gasteiger partial charge in [-0.3, -0.25) is 0 Å². The van der Waals surface area contributed by atoms with Gasteiger partial charge in [-0.05, 0) is 18.1 Å². The smallest absolute Gasteiger partial charge is 0.132 e. The molecule has 1 unspecified atom stereocenters. The van der Waals surface area contributed by atoms with Gasteiger partial charge in [-0.15, -0.1) is 0 Å². The largest absolute Gasteiger partial charge is 0.463 e. The summed E-state index contributed by atoms with van der Waals surface area (Å²) in [5.41, 5.74) is 0. The highest BCUT2D eigenvalue weighted by Gasteiger charge is 2.20. The predicted octanol–water partition coefficient (Wildman–Crippen LogP) is 3.31. The summed E-state index contributed by atoms with van der Waals surface area (Å²) in [7, 11) is 0. The third-order valence-corrected chi connectivity index (χ3v) is 2.82. The van der Waals surface area contributed by atoms with E-state index >= 15 is 0 Å². The topological polar surface area (TPSA) is 33.4 Å². The summed E-state index contributed by atoms with van der Waals surface area (Å²) in [6, 6.07) is 3.84. The van der Waals surface area contributed by atoms with Crippen LogP contribution in [0.5, 0.6) is 0 Å². The van der Waals surface area contributed by atoms with Gasteiger partial charge in [-0.1, -0.05) is 33.6 Å². The van der Waals surface area contributed by atoms with Crippen molar-refractivity contribution in [1.82, 2.24) is 0 Å². The van der Waals surface area contributed by atoms with E-state index in [1.807, 2.05) is 19.1 Å². The maximum Gasteiger partial charge on any atom is 0.132 e. The predicted molar refractivity (Wildman–Crippen MR) is 57.1 cm³/mol. The number of hydrogen-bond donors (Lipinski definition) is 1. The SMILES string of the molecule is CCc1ccc(C(O)C(CC)CC)o1. The van der Waals surface area contributed by atoms with Crippen LogP contribution in [-0.2, 0) is 6.42 Å². The second kappa shape index (κ2) is 5.20. The van der Waals surface area contributed by atoms with E-state index < -0.39 is 6.10 Å². The molecule has 0 saturated carbocycles. The number of rotatable bonds is 5. The van der Waals surface area contributed by atoms with Crippen LogP contribution < -0.4 is 0 Å². The number of furan rings is 1. The third kappa shape index (κ3) is 2.38. The minimum absolute atomic E-state index is 0.311. The van der Waals surface area contributed by atoms with Crippen LogP contribution >= 0.6 is 0 Å². The minimum Gasteiger partial charge on any atom is -0.463 e. The molecule has 1 rings (SSSR count). The summed E-state index contributed by atoms with van der Waals surface area (Å²) in [6.07, 6.45) is 2.42. The van der Waals surface area contributed by atoms with Crippen LogP contribution in [0.4, 0.5) is 0 Å². The van der Waals surface area contributed by atoms with E-state index in [1.165, 1.54) is 0 Å². The zero-order chi connectivity index (χ0) is 10.6. The van der Waals surface area contributed by atoms with Gasteiger partial charge in [0.2, 0.25) is 0 Å². The maximum absolute atomic E-state index is 10.00. The molecular formula is C12H20O2. The van der Waals surface area contributed by atoms with E-state index in [0.29, 0.717) is 5.92 Å². The number of aliphatic hydroxyl groups excluding tert-OH is 1. The van der Waals surface area contributed by atoms with Gasteiger partial charge in [0.1, 0.15) is 17.6 Å². The molecule has 2 heteroatoms. The molecule has 0 aliphatic rings. The fourth-order valence-electron chi connectivity index (χ4n) is 1.71. The Bertz CT molecular complexity index is 261. The van der Waals surface area contributed by atoms with Crippen LogP contribution in [0.3, 0.4) is 0 Å². The number of hydrogen-bond acceptors (Lipinski definition) is 2. The van der Waals surface area contributed by atoms with E-state index in [2.05, 4.69) is 13.8 Å². The summed E-state index contributed by atoms with van der Waals surface area (Å²) < 4.78 is 5.53. The van der Waals surface area contributed by atoms with Crippen LogP contribution in [0.1, 0.15) is 51.2 Å². The van der Waals surface area contributed by atoms with Crippen molar-refractivity contribution in [3.8, 4) is 0 Å². The average Bonchev–Trinajstić information content (AvgIpc) is 2.67. The first-order valence-corrected chi connectivity index (χ1v) is 5.49. The molecule has 1 N–H and O–H groups in total. The Kier molecular flexibility index (Phi) is 4.21. The lowest BCUT2D eigenvalue weighted by Gasteiger charge is -2.17. The van der Waals surface area contributed by atoms with Gasteiger partial charge >= 0.3 is 0 Å². The Morgan fingerprint density at radius 2 is 1.86 bits per heavy atom. The van der Waals surface area contributed by atoms with Crippen molar-refractivity contribution in [3.63, 3.8) is 0 Å². The highest BCUT2D eigenvalue weighted by Crippen LogP contribution is 2.28. The Labute approximate surface area is 85.9 Å². The van der Waals surface area contributed by atoms with Crippen molar-refractivity contribution in [1.29, 1.82) is 0 Å². The summed E-state index contributed by atoms with van der Waals surface area (Å²) in [6.45, 7) is 6.24. The first-order chi connectivity index (χ1) is 6.72. The average molecular weight is 196 g/mol. The zero-order valence-corrected chi connectivity index (χ0v) is 9.29. The molecule has 0 saturated heterocycles. The van der Waals surface area contributed by atoms with Gasteiger partial charge in [0.15, 0.2) is 0 Å². The van der Waals surface area contributed by atoms with E-state index in [4.69, 9.17) is 4.42 Å². The monoisotopic (exact) mass is 196 g/mol. The number of aliphatic hydroxyl groups is 1. The molecule has 0 amide bonds. The maximum atomic E-state index is 10.00. The second-order valence-electron chi connectivity index (χ2n) is 3.68. The fourth-order valence-corrected chi connectivity index (χ4v) is 1.71. The molecule has 80 valence electrons. The Balaban J connectivity index is 2.72. The lowest BCUT2D eigenvalue weighted by atomic mass is 9.95. The molecule has 0 aliphatic heterocycles. The molecule has 1 aromatic heterocycles. The third-order valence-electron chi connectivity index (χ3n) is 2.82. The molecular weight excluding hydrogens is 176 g/mol. The van der Waals surface area contributed by atoms with Gasteiger partial charge in [0, 0.05) is 6.42 Å².